The van der Waals surface area contributed by atoms with E-state index in [-0.39, 0.29) is 16.6 Å². The Morgan fingerprint density at radius 1 is 1.12 bits per heavy atom. The van der Waals surface area contributed by atoms with Crippen LogP contribution < -0.4 is 0 Å². The van der Waals surface area contributed by atoms with E-state index in [1.54, 1.807) is 0 Å². The molecule has 1 aliphatic rings. The number of hydrogen-bond donors (Lipinski definition) is 1. The lowest BCUT2D eigenvalue weighted by atomic mass is 9.78. The summed E-state index contributed by atoms with van der Waals surface area (Å²) in [7, 11) is 0. The second kappa shape index (κ2) is 10.7. The summed E-state index contributed by atoms with van der Waals surface area (Å²) in [6.45, 7) is 18.2. The van der Waals surface area contributed by atoms with Crippen molar-refractivity contribution in [3.8, 4) is 5.75 Å². The standard InChI is InChI=1S/C27H43BrN2O2/c1-9-18(10-2)11-12-19-13-14-30(25(19)29-28)17-23(31)20-15-21(26(3,4)5)24(32)22(16-20)27(6,7)8/h15-16,18-19,32H,9-14,17H2,1-8H3/b29-25-. The Kier molecular flexibility index (Phi) is 9.00. The van der Waals surface area contributed by atoms with Crippen molar-refractivity contribution in [2.24, 2.45) is 15.9 Å². The fourth-order valence-electron chi connectivity index (χ4n) is 4.71. The van der Waals surface area contributed by atoms with Crippen LogP contribution in [0.5, 0.6) is 5.75 Å². The summed E-state index contributed by atoms with van der Waals surface area (Å²) in [5.41, 5.74) is 1.82. The number of rotatable bonds is 8. The van der Waals surface area contributed by atoms with Crippen LogP contribution in [0, 0.1) is 11.8 Å². The van der Waals surface area contributed by atoms with E-state index in [4.69, 9.17) is 0 Å². The van der Waals surface area contributed by atoms with Crippen molar-refractivity contribution < 1.29 is 9.90 Å². The Morgan fingerprint density at radius 2 is 1.66 bits per heavy atom. The first kappa shape index (κ1) is 26.9. The summed E-state index contributed by atoms with van der Waals surface area (Å²) in [4.78, 5) is 15.5. The van der Waals surface area contributed by atoms with Gasteiger partial charge in [0.05, 0.1) is 22.7 Å². The predicted molar refractivity (Wildman–Crippen MR) is 139 cm³/mol. The fraction of sp³-hybridized carbons (Fsp3) is 0.704. The van der Waals surface area contributed by atoms with Gasteiger partial charge in [-0.1, -0.05) is 68.2 Å². The van der Waals surface area contributed by atoms with Gasteiger partial charge in [-0.25, -0.2) is 0 Å². The van der Waals surface area contributed by atoms with E-state index in [1.165, 1.54) is 19.3 Å². The molecule has 0 aromatic heterocycles. The lowest BCUT2D eigenvalue weighted by molar-refractivity contribution is 0.0966. The summed E-state index contributed by atoms with van der Waals surface area (Å²) in [5.74, 6) is 2.58. The van der Waals surface area contributed by atoms with Crippen LogP contribution in [0.3, 0.4) is 0 Å². The predicted octanol–water partition coefficient (Wildman–Crippen LogP) is 7.42. The van der Waals surface area contributed by atoms with Crippen LogP contribution in [0.2, 0.25) is 0 Å². The summed E-state index contributed by atoms with van der Waals surface area (Å²) in [6.07, 6.45) is 5.84. The molecule has 32 heavy (non-hydrogen) atoms. The number of nitrogens with zero attached hydrogens (tertiary/aromatic N) is 2. The van der Waals surface area contributed by atoms with Gasteiger partial charge in [0, 0.05) is 29.2 Å². The maximum Gasteiger partial charge on any atom is 0.182 e. The first-order chi connectivity index (χ1) is 14.8. The molecule has 1 aliphatic heterocycles. The highest BCUT2D eigenvalue weighted by Gasteiger charge is 2.32. The lowest BCUT2D eigenvalue weighted by Gasteiger charge is -2.28. The molecule has 1 unspecified atom stereocenters. The van der Waals surface area contributed by atoms with E-state index in [2.05, 4.69) is 80.5 Å². The SMILES string of the molecule is CCC(CC)CCC1CCN(CC(=O)c2cc(C(C)(C)C)c(O)c(C(C)(C)C)c2)/C1=N\Br. The van der Waals surface area contributed by atoms with Gasteiger partial charge in [0.15, 0.2) is 5.78 Å². The van der Waals surface area contributed by atoms with E-state index in [0.717, 1.165) is 42.3 Å². The molecular formula is C27H43BrN2O2. The summed E-state index contributed by atoms with van der Waals surface area (Å²) in [5, 5.41) is 11.0. The number of aromatic hydroxyl groups is 1. The normalized spacial score (nSPS) is 18.8. The highest BCUT2D eigenvalue weighted by Crippen LogP contribution is 2.40. The number of likely N-dealkylation sites (tertiary alicyclic amines) is 1. The first-order valence-electron chi connectivity index (χ1n) is 12.2. The number of phenols is 1. The monoisotopic (exact) mass is 506 g/mol. The molecule has 0 saturated carbocycles. The molecule has 0 bridgehead atoms. The van der Waals surface area contributed by atoms with Crippen molar-refractivity contribution in [1.82, 2.24) is 4.90 Å². The number of phenolic OH excluding ortho intramolecular Hbond substituents is 1. The molecule has 1 N–H and O–H groups in total. The van der Waals surface area contributed by atoms with Gasteiger partial charge in [-0.3, -0.25) is 4.79 Å². The van der Waals surface area contributed by atoms with Crippen molar-refractivity contribution >= 4 is 27.8 Å². The maximum absolute atomic E-state index is 13.4. The van der Waals surface area contributed by atoms with Crippen LogP contribution in [0.25, 0.3) is 0 Å². The quantitative estimate of drug-likeness (QED) is 0.373. The molecule has 1 atom stereocenters. The van der Waals surface area contributed by atoms with Gasteiger partial charge in [-0.05, 0) is 48.1 Å². The number of amidine groups is 1. The Morgan fingerprint density at radius 3 is 2.09 bits per heavy atom. The highest BCUT2D eigenvalue weighted by atomic mass is 79.9. The third kappa shape index (κ3) is 6.36. The lowest BCUT2D eigenvalue weighted by Crippen LogP contribution is -2.33. The number of halogens is 1. The van der Waals surface area contributed by atoms with E-state index in [0.29, 0.717) is 23.8 Å². The average molecular weight is 508 g/mol. The fourth-order valence-corrected chi connectivity index (χ4v) is 5.22. The largest absolute Gasteiger partial charge is 0.507 e. The summed E-state index contributed by atoms with van der Waals surface area (Å²) < 4.78 is 4.42. The minimum Gasteiger partial charge on any atom is -0.507 e. The Bertz CT molecular complexity index is 794. The second-order valence-electron chi connectivity index (χ2n) is 11.5. The van der Waals surface area contributed by atoms with Crippen LogP contribution in [0.4, 0.5) is 0 Å². The molecule has 0 radical (unpaired) electrons. The molecule has 1 heterocycles. The molecule has 1 fully saturated rings. The van der Waals surface area contributed by atoms with Gasteiger partial charge in [0.1, 0.15) is 11.6 Å². The number of carbonyl (C=O) groups is 1. The van der Waals surface area contributed by atoms with Crippen LogP contribution >= 0.6 is 16.1 Å². The molecule has 0 aliphatic carbocycles. The second-order valence-corrected chi connectivity index (χ2v) is 11.8. The van der Waals surface area contributed by atoms with Gasteiger partial charge in [-0.2, -0.15) is 4.02 Å². The van der Waals surface area contributed by atoms with Crippen molar-refractivity contribution in [2.45, 2.75) is 98.3 Å². The van der Waals surface area contributed by atoms with Crippen LogP contribution in [0.15, 0.2) is 16.2 Å². The van der Waals surface area contributed by atoms with E-state index >= 15 is 0 Å². The van der Waals surface area contributed by atoms with Gasteiger partial charge in [0.25, 0.3) is 0 Å². The minimum atomic E-state index is -0.253. The molecule has 1 saturated heterocycles. The number of carbonyl (C=O) groups excluding carboxylic acids is 1. The highest BCUT2D eigenvalue weighted by molar-refractivity contribution is 9.08. The van der Waals surface area contributed by atoms with E-state index < -0.39 is 0 Å². The van der Waals surface area contributed by atoms with Crippen molar-refractivity contribution in [3.05, 3.63) is 28.8 Å². The maximum atomic E-state index is 13.4. The van der Waals surface area contributed by atoms with Gasteiger partial charge >= 0.3 is 0 Å². The molecule has 4 nitrogen and oxygen atoms in total. The molecule has 0 spiro atoms. The van der Waals surface area contributed by atoms with Crippen molar-refractivity contribution in [1.29, 1.82) is 0 Å². The van der Waals surface area contributed by atoms with Crippen LogP contribution in [0.1, 0.15) is 109 Å². The minimum absolute atomic E-state index is 0.0790. The zero-order chi connectivity index (χ0) is 24.3. The van der Waals surface area contributed by atoms with Gasteiger partial charge in [-0.15, -0.1) is 0 Å². The van der Waals surface area contributed by atoms with E-state index in [9.17, 15) is 9.90 Å². The Labute approximate surface area is 204 Å². The molecule has 5 heteroatoms. The van der Waals surface area contributed by atoms with Crippen molar-refractivity contribution in [3.63, 3.8) is 0 Å². The Balaban J connectivity index is 2.25. The first-order valence-corrected chi connectivity index (χ1v) is 12.9. The van der Waals surface area contributed by atoms with Crippen molar-refractivity contribution in [2.75, 3.05) is 13.1 Å². The molecule has 1 aromatic carbocycles. The topological polar surface area (TPSA) is 52.9 Å². The number of Topliss-reactive ketones (excluding diaryl/α,β-unsaturated/α-hetero) is 1. The molecule has 2 rings (SSSR count). The Hall–Kier alpha value is -1.36. The van der Waals surface area contributed by atoms with Crippen LogP contribution in [-0.2, 0) is 10.8 Å². The third-order valence-corrected chi connectivity index (χ3v) is 7.35. The summed E-state index contributed by atoms with van der Waals surface area (Å²) in [6, 6.07) is 3.77. The smallest absolute Gasteiger partial charge is 0.182 e. The molecule has 0 amide bonds. The average Bonchev–Trinajstić information content (AvgIpc) is 3.08. The molecule has 1 aromatic rings. The summed E-state index contributed by atoms with van der Waals surface area (Å²) >= 11 is 3.33. The van der Waals surface area contributed by atoms with E-state index in [1.807, 2.05) is 12.1 Å². The zero-order valence-corrected chi connectivity index (χ0v) is 23.0. The zero-order valence-electron chi connectivity index (χ0n) is 21.4. The number of ketones is 1. The molecular weight excluding hydrogens is 464 g/mol. The third-order valence-electron chi connectivity index (χ3n) is 6.98. The van der Waals surface area contributed by atoms with Gasteiger partial charge < -0.3 is 10.0 Å². The van der Waals surface area contributed by atoms with Crippen LogP contribution in [-0.4, -0.2) is 34.7 Å². The number of hydrogen-bond acceptors (Lipinski definition) is 3. The van der Waals surface area contributed by atoms with Gasteiger partial charge in [0.2, 0.25) is 0 Å². The number of benzene rings is 1. The molecule has 180 valence electrons.